The Kier molecular flexibility index (Phi) is 6.99. The Morgan fingerprint density at radius 1 is 1.03 bits per heavy atom. The molecule has 0 spiro atoms. The number of benzene rings is 3. The highest BCUT2D eigenvalue weighted by atomic mass is 35.5. The molecule has 0 bridgehead atoms. The topological polar surface area (TPSA) is 97.7 Å². The summed E-state index contributed by atoms with van der Waals surface area (Å²) >= 11 is 6.16. The lowest BCUT2D eigenvalue weighted by Gasteiger charge is -2.43. The van der Waals surface area contributed by atoms with E-state index in [2.05, 4.69) is 9.13 Å². The first-order chi connectivity index (χ1) is 18.0. The third-order valence-electron chi connectivity index (χ3n) is 6.04. The molecule has 1 saturated heterocycles. The summed E-state index contributed by atoms with van der Waals surface area (Å²) in [5.74, 6) is -0.334. The summed E-state index contributed by atoms with van der Waals surface area (Å²) in [6.07, 6.45) is -4.92. The minimum absolute atomic E-state index is 0.00844. The van der Waals surface area contributed by atoms with E-state index < -0.39 is 40.2 Å². The molecule has 38 heavy (non-hydrogen) atoms. The lowest BCUT2D eigenvalue weighted by atomic mass is 9.93. The number of hydrogen-bond acceptors (Lipinski definition) is 7. The summed E-state index contributed by atoms with van der Waals surface area (Å²) in [6.45, 7) is 0.143. The van der Waals surface area contributed by atoms with Crippen LogP contribution in [0.15, 0.2) is 76.0 Å². The van der Waals surface area contributed by atoms with E-state index in [4.69, 9.17) is 21.1 Å². The molecule has 0 radical (unpaired) electrons. The summed E-state index contributed by atoms with van der Waals surface area (Å²) in [6, 6.07) is 15.4. The van der Waals surface area contributed by atoms with Crippen LogP contribution in [0.4, 0.5) is 24.5 Å². The molecule has 200 valence electrons. The van der Waals surface area contributed by atoms with Gasteiger partial charge in [-0.2, -0.15) is 12.8 Å². The minimum Gasteiger partial charge on any atom is -0.453 e. The smallest absolute Gasteiger partial charge is 0.453 e. The molecule has 0 aromatic heterocycles. The fourth-order valence-electron chi connectivity index (χ4n) is 4.32. The summed E-state index contributed by atoms with van der Waals surface area (Å²) in [5.41, 5.74) is 1.33. The molecule has 13 heteroatoms. The lowest BCUT2D eigenvalue weighted by Crippen LogP contribution is -2.53. The van der Waals surface area contributed by atoms with Crippen molar-refractivity contribution in [1.82, 2.24) is 0 Å². The molecule has 2 heterocycles. The lowest BCUT2D eigenvalue weighted by molar-refractivity contribution is -0.274. The van der Waals surface area contributed by atoms with Crippen molar-refractivity contribution in [2.75, 3.05) is 18.1 Å². The van der Waals surface area contributed by atoms with E-state index in [0.717, 1.165) is 30.5 Å². The molecule has 5 rings (SSSR count). The second kappa shape index (κ2) is 10.1. The number of aliphatic hydroxyl groups is 1. The van der Waals surface area contributed by atoms with Crippen LogP contribution in [0.3, 0.4) is 0 Å². The Morgan fingerprint density at radius 3 is 2.47 bits per heavy atom. The summed E-state index contributed by atoms with van der Waals surface area (Å²) in [5, 5.41) is 11.8. The second-order valence-corrected chi connectivity index (χ2v) is 10.6. The number of anilines is 2. The van der Waals surface area contributed by atoms with Gasteiger partial charge in [0, 0.05) is 23.2 Å². The maximum absolute atomic E-state index is 12.7. The van der Waals surface area contributed by atoms with Crippen molar-refractivity contribution in [2.24, 2.45) is 10.3 Å². The van der Waals surface area contributed by atoms with E-state index in [1.165, 1.54) is 0 Å². The number of ether oxygens (including phenoxy) is 3. The van der Waals surface area contributed by atoms with Gasteiger partial charge in [0.15, 0.2) is 11.5 Å². The van der Waals surface area contributed by atoms with Crippen LogP contribution in [0.2, 0.25) is 5.02 Å². The Labute approximate surface area is 220 Å². The van der Waals surface area contributed by atoms with E-state index in [-0.39, 0.29) is 18.1 Å². The average molecular weight is 569 g/mol. The zero-order valence-corrected chi connectivity index (χ0v) is 20.9. The van der Waals surface area contributed by atoms with Gasteiger partial charge in [-0.25, -0.2) is 0 Å². The number of sulfonamides is 1. The largest absolute Gasteiger partial charge is 0.573 e. The maximum Gasteiger partial charge on any atom is 0.573 e. The summed E-state index contributed by atoms with van der Waals surface area (Å²) < 4.78 is 81.7. The molecule has 1 N–H and O–H groups in total. The number of halogens is 4. The molecule has 3 aromatic rings. The van der Waals surface area contributed by atoms with Crippen molar-refractivity contribution < 1.29 is 40.9 Å². The Balaban J connectivity index is 1.39. The van der Waals surface area contributed by atoms with Crippen LogP contribution >= 0.6 is 11.6 Å². The third kappa shape index (κ3) is 5.44. The van der Waals surface area contributed by atoms with Crippen molar-refractivity contribution in [1.29, 1.82) is 0 Å². The van der Waals surface area contributed by atoms with Gasteiger partial charge in [-0.3, -0.25) is 0 Å². The minimum atomic E-state index is -4.90. The van der Waals surface area contributed by atoms with Gasteiger partial charge in [-0.05, 0) is 48.5 Å². The van der Waals surface area contributed by atoms with Crippen LogP contribution in [0.1, 0.15) is 0 Å². The highest BCUT2D eigenvalue weighted by molar-refractivity contribution is 7.90. The van der Waals surface area contributed by atoms with E-state index in [1.54, 1.807) is 24.3 Å². The normalized spacial score (nSPS) is 21.5. The fourth-order valence-corrected chi connectivity index (χ4v) is 5.40. The van der Waals surface area contributed by atoms with Gasteiger partial charge in [-0.1, -0.05) is 23.7 Å². The van der Waals surface area contributed by atoms with Crippen molar-refractivity contribution in [3.63, 3.8) is 0 Å². The van der Waals surface area contributed by atoms with Crippen LogP contribution in [0.25, 0.3) is 0 Å². The number of hydrogen-bond donors (Lipinski definition) is 1. The quantitative estimate of drug-likeness (QED) is 0.416. The molecule has 8 nitrogen and oxygen atoms in total. The summed E-state index contributed by atoms with van der Waals surface area (Å²) in [4.78, 5) is 1.53. The highest BCUT2D eigenvalue weighted by Crippen LogP contribution is 2.49. The van der Waals surface area contributed by atoms with Gasteiger partial charge in [0.1, 0.15) is 5.75 Å². The van der Waals surface area contributed by atoms with Crippen LogP contribution < -0.4 is 14.4 Å². The Hall–Kier alpha value is -3.32. The van der Waals surface area contributed by atoms with E-state index in [9.17, 15) is 26.7 Å². The maximum atomic E-state index is 12.7. The average Bonchev–Trinajstić information content (AvgIpc) is 2.86. The zero-order chi connectivity index (χ0) is 27.1. The third-order valence-corrected chi connectivity index (χ3v) is 7.54. The SMILES string of the molecule is O=S(=O)(/N=C\C1COC[C@H](N2c3ccccc3Oc3cc(Cl)ccc32)[C@H]1O)c1ccc(OC(F)(F)F)cc1. The van der Waals surface area contributed by atoms with Crippen LogP contribution in [0.5, 0.6) is 17.2 Å². The zero-order valence-electron chi connectivity index (χ0n) is 19.4. The molecule has 3 atom stereocenters. The molecule has 2 aliphatic rings. The standard InChI is InChI=1S/C25H20ClF3N2O6S/c26-16-5-10-20-23(11-16)36-22-4-2-1-3-19(22)31(20)21-14-35-13-15(24(21)32)12-30-38(33,34)18-8-6-17(7-9-18)37-25(27,28)29/h1-12,15,21,24,32H,13-14H2/b30-12-/t15?,21-,24-/m0/s1. The number of nitrogens with zero attached hydrogens (tertiary/aromatic N) is 2. The van der Waals surface area contributed by atoms with Gasteiger partial charge in [0.05, 0.1) is 41.6 Å². The van der Waals surface area contributed by atoms with E-state index in [0.29, 0.717) is 27.9 Å². The second-order valence-electron chi connectivity index (χ2n) is 8.56. The van der Waals surface area contributed by atoms with Crippen LogP contribution in [0, 0.1) is 5.92 Å². The molecule has 1 unspecified atom stereocenters. The van der Waals surface area contributed by atoms with Gasteiger partial charge in [0.2, 0.25) is 0 Å². The number of fused-ring (bicyclic) bond motifs is 2. The van der Waals surface area contributed by atoms with Gasteiger partial charge in [0.25, 0.3) is 10.0 Å². The Bertz CT molecular complexity index is 1470. The Morgan fingerprint density at radius 2 is 1.74 bits per heavy atom. The van der Waals surface area contributed by atoms with Gasteiger partial charge in [-0.15, -0.1) is 13.2 Å². The first-order valence-electron chi connectivity index (χ1n) is 11.3. The van der Waals surface area contributed by atoms with Crippen LogP contribution in [-0.4, -0.2) is 51.5 Å². The number of aliphatic hydroxyl groups excluding tert-OH is 1. The first kappa shape index (κ1) is 26.3. The van der Waals surface area contributed by atoms with Gasteiger partial charge < -0.3 is 24.2 Å². The van der Waals surface area contributed by atoms with Crippen LogP contribution in [-0.2, 0) is 14.8 Å². The number of para-hydroxylation sites is 2. The van der Waals surface area contributed by atoms with E-state index >= 15 is 0 Å². The van der Waals surface area contributed by atoms with Crippen molar-refractivity contribution in [2.45, 2.75) is 23.4 Å². The summed E-state index contributed by atoms with van der Waals surface area (Å²) in [7, 11) is -4.27. The molecular formula is C25H20ClF3N2O6S. The monoisotopic (exact) mass is 568 g/mol. The van der Waals surface area contributed by atoms with Gasteiger partial charge >= 0.3 is 6.36 Å². The molecule has 0 amide bonds. The molecule has 0 aliphatic carbocycles. The first-order valence-corrected chi connectivity index (χ1v) is 13.1. The predicted octanol–water partition coefficient (Wildman–Crippen LogP) is 5.32. The molecule has 1 fully saturated rings. The predicted molar refractivity (Wildman–Crippen MR) is 133 cm³/mol. The molecule has 0 saturated carbocycles. The number of rotatable bonds is 5. The number of alkyl halides is 3. The van der Waals surface area contributed by atoms with Crippen molar-refractivity contribution in [3.05, 3.63) is 71.8 Å². The molecule has 2 aliphatic heterocycles. The highest BCUT2D eigenvalue weighted by Gasteiger charge is 2.40. The molecular weight excluding hydrogens is 549 g/mol. The van der Waals surface area contributed by atoms with Crippen molar-refractivity contribution >= 4 is 39.2 Å². The van der Waals surface area contributed by atoms with Crippen molar-refractivity contribution in [3.8, 4) is 17.2 Å². The molecule has 3 aromatic carbocycles. The fraction of sp³-hybridized carbons (Fsp3) is 0.240. The van der Waals surface area contributed by atoms with E-state index in [1.807, 2.05) is 23.1 Å².